The van der Waals surface area contributed by atoms with Gasteiger partial charge in [0.15, 0.2) is 0 Å². The molecule has 98 valence electrons. The van der Waals surface area contributed by atoms with Crippen LogP contribution < -0.4 is 0 Å². The number of hydrogen-bond donors (Lipinski definition) is 2. The van der Waals surface area contributed by atoms with Crippen molar-refractivity contribution >= 4 is 0 Å². The number of nitrogens with zero attached hydrogens (tertiary/aromatic N) is 1. The third kappa shape index (κ3) is 2.21. The number of hydrogen-bond acceptors (Lipinski definition) is 3. The van der Waals surface area contributed by atoms with Gasteiger partial charge in [-0.2, -0.15) is 0 Å². The number of para-hydroxylation sites is 2. The molecule has 3 rings (SSSR count). The monoisotopic (exact) mass is 263 g/mol. The molecule has 0 aliphatic carbocycles. The van der Waals surface area contributed by atoms with Gasteiger partial charge in [-0.3, -0.25) is 0 Å². The summed E-state index contributed by atoms with van der Waals surface area (Å²) in [5.74, 6) is 0.379. The molecular weight excluding hydrogens is 250 g/mol. The summed E-state index contributed by atoms with van der Waals surface area (Å²) in [7, 11) is 0. The minimum absolute atomic E-state index is 0.189. The van der Waals surface area contributed by atoms with Gasteiger partial charge in [0, 0.05) is 11.1 Å². The second-order valence-corrected chi connectivity index (χ2v) is 4.44. The maximum Gasteiger partial charge on any atom is 0.124 e. The van der Waals surface area contributed by atoms with E-state index in [-0.39, 0.29) is 11.5 Å². The first-order valence-corrected chi connectivity index (χ1v) is 6.29. The van der Waals surface area contributed by atoms with Crippen molar-refractivity contribution in [1.82, 2.24) is 4.98 Å². The fourth-order valence-corrected chi connectivity index (χ4v) is 2.12. The maximum atomic E-state index is 9.89. The number of benzene rings is 2. The zero-order chi connectivity index (χ0) is 13.9. The second kappa shape index (κ2) is 5.05. The Morgan fingerprint density at radius 1 is 0.550 bits per heavy atom. The molecule has 0 atom stereocenters. The van der Waals surface area contributed by atoms with Crippen LogP contribution in [0.15, 0.2) is 66.7 Å². The van der Waals surface area contributed by atoms with Crippen molar-refractivity contribution in [3.8, 4) is 34.0 Å². The Morgan fingerprint density at radius 2 is 1.00 bits per heavy atom. The summed E-state index contributed by atoms with van der Waals surface area (Å²) in [5, 5.41) is 19.8. The number of pyridine rings is 1. The quantitative estimate of drug-likeness (QED) is 0.738. The van der Waals surface area contributed by atoms with Gasteiger partial charge in [-0.25, -0.2) is 4.98 Å². The van der Waals surface area contributed by atoms with Crippen molar-refractivity contribution in [2.24, 2.45) is 0 Å². The van der Waals surface area contributed by atoms with Gasteiger partial charge in [-0.15, -0.1) is 0 Å². The van der Waals surface area contributed by atoms with Crippen molar-refractivity contribution in [3.63, 3.8) is 0 Å². The first-order valence-electron chi connectivity index (χ1n) is 6.29. The van der Waals surface area contributed by atoms with Crippen molar-refractivity contribution in [2.75, 3.05) is 0 Å². The van der Waals surface area contributed by atoms with Crippen LogP contribution in [0.1, 0.15) is 0 Å². The lowest BCUT2D eigenvalue weighted by Crippen LogP contribution is -1.88. The molecule has 3 aromatic rings. The lowest BCUT2D eigenvalue weighted by Gasteiger charge is -2.07. The second-order valence-electron chi connectivity index (χ2n) is 4.44. The third-order valence-electron chi connectivity index (χ3n) is 3.11. The molecule has 0 spiro atoms. The summed E-state index contributed by atoms with van der Waals surface area (Å²) >= 11 is 0. The molecule has 0 fully saturated rings. The third-order valence-corrected chi connectivity index (χ3v) is 3.11. The molecule has 0 radical (unpaired) electrons. The van der Waals surface area contributed by atoms with Crippen LogP contribution in [-0.2, 0) is 0 Å². The molecule has 2 aromatic carbocycles. The van der Waals surface area contributed by atoms with E-state index in [0.717, 1.165) is 0 Å². The average molecular weight is 263 g/mol. The largest absolute Gasteiger partial charge is 0.507 e. The normalized spacial score (nSPS) is 10.4. The van der Waals surface area contributed by atoms with E-state index in [9.17, 15) is 10.2 Å². The summed E-state index contributed by atoms with van der Waals surface area (Å²) in [6.45, 7) is 0. The Kier molecular flexibility index (Phi) is 3.09. The van der Waals surface area contributed by atoms with Crippen LogP contribution in [0.2, 0.25) is 0 Å². The van der Waals surface area contributed by atoms with E-state index in [1.807, 2.05) is 42.5 Å². The highest BCUT2D eigenvalue weighted by Gasteiger charge is 2.08. The van der Waals surface area contributed by atoms with Gasteiger partial charge in [0.25, 0.3) is 0 Å². The molecule has 0 aliphatic rings. The first-order chi connectivity index (χ1) is 9.75. The molecule has 1 heterocycles. The van der Waals surface area contributed by atoms with Gasteiger partial charge in [0.05, 0.1) is 11.4 Å². The summed E-state index contributed by atoms with van der Waals surface area (Å²) in [5.41, 5.74) is 2.68. The Morgan fingerprint density at radius 3 is 1.45 bits per heavy atom. The molecule has 0 saturated carbocycles. The minimum Gasteiger partial charge on any atom is -0.507 e. The molecule has 0 aliphatic heterocycles. The summed E-state index contributed by atoms with van der Waals surface area (Å²) in [6, 6.07) is 19.6. The van der Waals surface area contributed by atoms with Crippen LogP contribution in [0.25, 0.3) is 22.5 Å². The molecular formula is C17H13NO2. The van der Waals surface area contributed by atoms with Gasteiger partial charge < -0.3 is 10.2 Å². The topological polar surface area (TPSA) is 53.4 Å². The first kappa shape index (κ1) is 12.2. The Bertz CT molecular complexity index is 692. The lowest BCUT2D eigenvalue weighted by molar-refractivity contribution is 0.477. The lowest BCUT2D eigenvalue weighted by atomic mass is 10.1. The number of phenols is 2. The molecule has 2 N–H and O–H groups in total. The zero-order valence-corrected chi connectivity index (χ0v) is 10.7. The van der Waals surface area contributed by atoms with Crippen molar-refractivity contribution < 1.29 is 10.2 Å². The molecule has 1 aromatic heterocycles. The Balaban J connectivity index is 2.12. The molecule has 0 unspecified atom stereocenters. The highest BCUT2D eigenvalue weighted by molar-refractivity contribution is 5.72. The summed E-state index contributed by atoms with van der Waals surface area (Å²) in [6.07, 6.45) is 0. The summed E-state index contributed by atoms with van der Waals surface area (Å²) < 4.78 is 0. The molecule has 3 nitrogen and oxygen atoms in total. The van der Waals surface area contributed by atoms with Crippen LogP contribution in [0, 0.1) is 0 Å². The van der Waals surface area contributed by atoms with Gasteiger partial charge in [-0.05, 0) is 36.4 Å². The van der Waals surface area contributed by atoms with Gasteiger partial charge >= 0.3 is 0 Å². The van der Waals surface area contributed by atoms with Crippen LogP contribution in [0.4, 0.5) is 0 Å². The smallest absolute Gasteiger partial charge is 0.124 e. The molecule has 0 bridgehead atoms. The van der Waals surface area contributed by atoms with E-state index < -0.39 is 0 Å². The summed E-state index contributed by atoms with van der Waals surface area (Å²) in [4.78, 5) is 4.51. The van der Waals surface area contributed by atoms with E-state index in [1.165, 1.54) is 0 Å². The molecule has 3 heteroatoms. The van der Waals surface area contributed by atoms with E-state index in [1.54, 1.807) is 24.3 Å². The Hall–Kier alpha value is -2.81. The van der Waals surface area contributed by atoms with Crippen molar-refractivity contribution in [2.45, 2.75) is 0 Å². The van der Waals surface area contributed by atoms with Crippen molar-refractivity contribution in [1.29, 1.82) is 0 Å². The number of aromatic hydroxyl groups is 2. The minimum atomic E-state index is 0.189. The standard InChI is InChI=1S/C17H13NO2/c19-16-10-3-1-6-12(16)14-8-5-9-15(18-14)13-7-2-4-11-17(13)20/h1-11,19-20H. The SMILES string of the molecule is Oc1ccccc1-c1cccc(-c2ccccc2O)n1. The number of aromatic nitrogens is 1. The van der Waals surface area contributed by atoms with Crippen LogP contribution >= 0.6 is 0 Å². The van der Waals surface area contributed by atoms with E-state index in [0.29, 0.717) is 22.5 Å². The van der Waals surface area contributed by atoms with Crippen LogP contribution in [0.5, 0.6) is 11.5 Å². The fraction of sp³-hybridized carbons (Fsp3) is 0. The zero-order valence-electron chi connectivity index (χ0n) is 10.7. The fourth-order valence-electron chi connectivity index (χ4n) is 2.12. The average Bonchev–Trinajstić information content (AvgIpc) is 2.48. The molecule has 0 saturated heterocycles. The maximum absolute atomic E-state index is 9.89. The van der Waals surface area contributed by atoms with Crippen molar-refractivity contribution in [3.05, 3.63) is 66.7 Å². The van der Waals surface area contributed by atoms with Gasteiger partial charge in [0.1, 0.15) is 11.5 Å². The predicted octanol–water partition coefficient (Wildman–Crippen LogP) is 3.83. The Labute approximate surface area is 116 Å². The van der Waals surface area contributed by atoms with Gasteiger partial charge in [-0.1, -0.05) is 30.3 Å². The van der Waals surface area contributed by atoms with Crippen LogP contribution in [0.3, 0.4) is 0 Å². The number of phenolic OH excluding ortho intramolecular Hbond substituents is 2. The predicted molar refractivity (Wildman–Crippen MR) is 78.4 cm³/mol. The van der Waals surface area contributed by atoms with E-state index >= 15 is 0 Å². The highest BCUT2D eigenvalue weighted by atomic mass is 16.3. The molecule has 20 heavy (non-hydrogen) atoms. The van der Waals surface area contributed by atoms with Gasteiger partial charge in [0.2, 0.25) is 0 Å². The van der Waals surface area contributed by atoms with Crippen LogP contribution in [-0.4, -0.2) is 15.2 Å². The van der Waals surface area contributed by atoms with E-state index in [2.05, 4.69) is 4.98 Å². The molecule has 0 amide bonds. The number of rotatable bonds is 2. The van der Waals surface area contributed by atoms with E-state index in [4.69, 9.17) is 0 Å². The highest BCUT2D eigenvalue weighted by Crippen LogP contribution is 2.31.